The highest BCUT2D eigenvalue weighted by atomic mass is 79.9. The third-order valence-electron chi connectivity index (χ3n) is 5.47. The fourth-order valence-electron chi connectivity index (χ4n) is 3.55. The van der Waals surface area contributed by atoms with Gasteiger partial charge in [-0.15, -0.1) is 0 Å². The number of amides is 2. The van der Waals surface area contributed by atoms with Crippen molar-refractivity contribution in [2.24, 2.45) is 0 Å². The van der Waals surface area contributed by atoms with Gasteiger partial charge in [-0.2, -0.15) is 0 Å². The largest absolute Gasteiger partial charge is 0.493 e. The Morgan fingerprint density at radius 1 is 1.03 bits per heavy atom. The van der Waals surface area contributed by atoms with Gasteiger partial charge in [-0.3, -0.25) is 19.5 Å². The summed E-state index contributed by atoms with van der Waals surface area (Å²) in [6, 6.07) is 13.3. The lowest BCUT2D eigenvalue weighted by Crippen LogP contribution is -2.32. The van der Waals surface area contributed by atoms with Gasteiger partial charge >= 0.3 is 0 Å². The lowest BCUT2D eigenvalue weighted by molar-refractivity contribution is -0.123. The second-order valence-electron chi connectivity index (χ2n) is 8.13. The molecule has 1 aliphatic heterocycles. The Hall–Kier alpha value is -3.30. The van der Waals surface area contributed by atoms with Crippen LogP contribution in [0, 0.1) is 13.8 Å². The summed E-state index contributed by atoms with van der Waals surface area (Å²) in [4.78, 5) is 31.0. The molecule has 0 bridgehead atoms. The number of aromatic nitrogens is 1. The summed E-state index contributed by atoms with van der Waals surface area (Å²) in [5, 5.41) is -0.320. The van der Waals surface area contributed by atoms with Gasteiger partial charge in [0.2, 0.25) is 0 Å². The molecule has 0 spiro atoms. The number of benzene rings is 2. The molecule has 1 aromatic heterocycles. The molecule has 0 aliphatic carbocycles. The molecule has 7 nitrogen and oxygen atoms in total. The minimum Gasteiger partial charge on any atom is -0.493 e. The maximum absolute atomic E-state index is 12.9. The Labute approximate surface area is 222 Å². The first-order valence-electron chi connectivity index (χ1n) is 11.2. The summed E-state index contributed by atoms with van der Waals surface area (Å²) >= 11 is 4.44. The fourth-order valence-corrected chi connectivity index (χ4v) is 4.99. The van der Waals surface area contributed by atoms with Crippen LogP contribution < -0.4 is 14.2 Å². The van der Waals surface area contributed by atoms with Gasteiger partial charge in [0.25, 0.3) is 11.1 Å². The number of halogens is 1. The molecule has 1 aliphatic rings. The van der Waals surface area contributed by atoms with Crippen LogP contribution in [0.5, 0.6) is 17.2 Å². The molecule has 4 rings (SSSR count). The van der Waals surface area contributed by atoms with Crippen LogP contribution in [0.1, 0.15) is 22.3 Å². The van der Waals surface area contributed by atoms with Crippen LogP contribution in [-0.4, -0.2) is 41.3 Å². The molecule has 1 saturated heterocycles. The molecule has 3 aromatic rings. The molecule has 0 atom stereocenters. The van der Waals surface area contributed by atoms with E-state index in [0.29, 0.717) is 33.0 Å². The molecule has 9 heteroatoms. The standard InChI is InChI=1S/C27H25BrN2O5S/c1-17-4-5-18(2)22(12-17)34-11-10-30-26(31)24(36-27(30)32)15-20-13-21(28)25(23(14-20)33-3)35-16-19-6-8-29-9-7-19/h4-9,12-15H,10-11,16H2,1-3H3/b24-15-. The van der Waals surface area contributed by atoms with Crippen molar-refractivity contribution in [3.63, 3.8) is 0 Å². The topological polar surface area (TPSA) is 78.0 Å². The average Bonchev–Trinajstić information content (AvgIpc) is 3.13. The van der Waals surface area contributed by atoms with Crippen molar-refractivity contribution < 1.29 is 23.8 Å². The molecule has 2 heterocycles. The number of aryl methyl sites for hydroxylation is 2. The third-order valence-corrected chi connectivity index (χ3v) is 6.97. The van der Waals surface area contributed by atoms with E-state index in [1.165, 1.54) is 4.90 Å². The van der Waals surface area contributed by atoms with Crippen LogP contribution in [-0.2, 0) is 11.4 Å². The van der Waals surface area contributed by atoms with Crippen LogP contribution in [0.25, 0.3) is 6.08 Å². The Morgan fingerprint density at radius 2 is 1.81 bits per heavy atom. The summed E-state index contributed by atoms with van der Waals surface area (Å²) < 4.78 is 18.0. The lowest BCUT2D eigenvalue weighted by Gasteiger charge is -2.15. The van der Waals surface area contributed by atoms with E-state index in [9.17, 15) is 9.59 Å². The van der Waals surface area contributed by atoms with Crippen molar-refractivity contribution in [1.82, 2.24) is 9.88 Å². The van der Waals surface area contributed by atoms with Crippen molar-refractivity contribution in [3.8, 4) is 17.2 Å². The third kappa shape index (κ3) is 6.09. The van der Waals surface area contributed by atoms with Gasteiger partial charge < -0.3 is 14.2 Å². The Balaban J connectivity index is 1.44. The van der Waals surface area contributed by atoms with E-state index in [2.05, 4.69) is 20.9 Å². The van der Waals surface area contributed by atoms with Crippen molar-refractivity contribution in [3.05, 3.63) is 86.5 Å². The number of hydrogen-bond acceptors (Lipinski definition) is 7. The number of imide groups is 1. The van der Waals surface area contributed by atoms with E-state index in [4.69, 9.17) is 14.2 Å². The summed E-state index contributed by atoms with van der Waals surface area (Å²) in [6.07, 6.45) is 5.09. The Bertz CT molecular complexity index is 1310. The predicted octanol–water partition coefficient (Wildman–Crippen LogP) is 6.16. The first-order chi connectivity index (χ1) is 17.4. The van der Waals surface area contributed by atoms with Gasteiger partial charge in [0.1, 0.15) is 19.0 Å². The van der Waals surface area contributed by atoms with E-state index >= 15 is 0 Å². The van der Waals surface area contributed by atoms with E-state index < -0.39 is 0 Å². The molecule has 0 saturated carbocycles. The highest BCUT2D eigenvalue weighted by Crippen LogP contribution is 2.39. The number of pyridine rings is 1. The maximum Gasteiger partial charge on any atom is 0.293 e. The zero-order valence-electron chi connectivity index (χ0n) is 20.1. The molecule has 0 N–H and O–H groups in total. The number of thioether (sulfide) groups is 1. The van der Waals surface area contributed by atoms with Crippen molar-refractivity contribution in [1.29, 1.82) is 0 Å². The number of methoxy groups -OCH3 is 1. The smallest absolute Gasteiger partial charge is 0.293 e. The normalized spacial score (nSPS) is 14.4. The van der Waals surface area contributed by atoms with Gasteiger partial charge in [-0.1, -0.05) is 12.1 Å². The van der Waals surface area contributed by atoms with Crippen LogP contribution in [0.15, 0.2) is 64.2 Å². The first kappa shape index (κ1) is 25.8. The second-order valence-corrected chi connectivity index (χ2v) is 9.98. The highest BCUT2D eigenvalue weighted by Gasteiger charge is 2.35. The lowest BCUT2D eigenvalue weighted by atomic mass is 10.1. The van der Waals surface area contributed by atoms with Gasteiger partial charge in [-0.05, 0) is 100 Å². The fraction of sp³-hybridized carbons (Fsp3) is 0.222. The Kier molecular flexibility index (Phi) is 8.32. The van der Waals surface area contributed by atoms with E-state index in [1.807, 2.05) is 50.2 Å². The monoisotopic (exact) mass is 568 g/mol. The van der Waals surface area contributed by atoms with Crippen molar-refractivity contribution >= 4 is 44.9 Å². The second kappa shape index (κ2) is 11.6. The Morgan fingerprint density at radius 3 is 2.56 bits per heavy atom. The van der Waals surface area contributed by atoms with Crippen molar-refractivity contribution in [2.75, 3.05) is 20.3 Å². The van der Waals surface area contributed by atoms with E-state index in [1.54, 1.807) is 31.6 Å². The predicted molar refractivity (Wildman–Crippen MR) is 143 cm³/mol. The molecule has 0 unspecified atom stereocenters. The highest BCUT2D eigenvalue weighted by molar-refractivity contribution is 9.10. The summed E-state index contributed by atoms with van der Waals surface area (Å²) in [5.74, 6) is 1.46. The maximum atomic E-state index is 12.9. The number of nitrogens with zero attached hydrogens (tertiary/aromatic N) is 2. The molecule has 2 aromatic carbocycles. The van der Waals surface area contributed by atoms with Gasteiger partial charge in [-0.25, -0.2) is 0 Å². The first-order valence-corrected chi connectivity index (χ1v) is 12.8. The zero-order valence-corrected chi connectivity index (χ0v) is 22.5. The molecular weight excluding hydrogens is 544 g/mol. The van der Waals surface area contributed by atoms with E-state index in [-0.39, 0.29) is 24.3 Å². The average molecular weight is 569 g/mol. The molecule has 36 heavy (non-hydrogen) atoms. The molecule has 186 valence electrons. The van der Waals surface area contributed by atoms with Crippen molar-refractivity contribution in [2.45, 2.75) is 20.5 Å². The minimum absolute atomic E-state index is 0.171. The van der Waals surface area contributed by atoms with E-state index in [0.717, 1.165) is 34.2 Å². The zero-order chi connectivity index (χ0) is 25.7. The van der Waals surface area contributed by atoms with Gasteiger partial charge in [0, 0.05) is 12.4 Å². The minimum atomic E-state index is -0.345. The number of rotatable bonds is 9. The quantitative estimate of drug-likeness (QED) is 0.286. The van der Waals surface area contributed by atoms with Crippen LogP contribution >= 0.6 is 27.7 Å². The summed E-state index contributed by atoms with van der Waals surface area (Å²) in [7, 11) is 1.55. The van der Waals surface area contributed by atoms with Gasteiger partial charge in [0.05, 0.1) is 23.0 Å². The number of ether oxygens (including phenoxy) is 3. The SMILES string of the molecule is COc1cc(/C=C2\SC(=O)N(CCOc3cc(C)ccc3C)C2=O)cc(Br)c1OCc1ccncc1. The molecule has 2 amide bonds. The van der Waals surface area contributed by atoms with Gasteiger partial charge in [0.15, 0.2) is 11.5 Å². The molecular formula is C27H25BrN2O5S. The number of carbonyl (C=O) groups excluding carboxylic acids is 2. The van der Waals surface area contributed by atoms with Crippen LogP contribution in [0.2, 0.25) is 0 Å². The number of hydrogen-bond donors (Lipinski definition) is 0. The molecule has 1 fully saturated rings. The van der Waals surface area contributed by atoms with Crippen LogP contribution in [0.4, 0.5) is 4.79 Å². The van der Waals surface area contributed by atoms with Crippen LogP contribution in [0.3, 0.4) is 0 Å². The summed E-state index contributed by atoms with van der Waals surface area (Å²) in [5.41, 5.74) is 3.76. The summed E-state index contributed by atoms with van der Waals surface area (Å²) in [6.45, 7) is 4.68. The molecule has 0 radical (unpaired) electrons. The number of carbonyl (C=O) groups is 2.